The van der Waals surface area contributed by atoms with Crippen molar-refractivity contribution in [1.29, 1.82) is 0 Å². The molecule has 0 spiro atoms. The molecular weight excluding hydrogens is 768 g/mol. The number of hydrogen-bond donors (Lipinski definition) is 0. The maximum absolute atomic E-state index is 13.3. The summed E-state index contributed by atoms with van der Waals surface area (Å²) in [6, 6.07) is 37.9. The Morgan fingerprint density at radius 2 is 1.22 bits per heavy atom. The average Bonchev–Trinajstić information content (AvgIpc) is 3.28. The molecule has 10 rings (SSSR count). The van der Waals surface area contributed by atoms with Crippen molar-refractivity contribution in [3.05, 3.63) is 160 Å². The predicted octanol–water partition coefficient (Wildman–Crippen LogP) is 9.81. The standard InChI is InChI=1S/C47H37ClN4O7/c1-54-31-14-16-40-35(24-31)44(33-10-3-5-12-38(33)56-40)58-42-23-29-27-49-47(52-20-18-51(19-21-52)46(53)28-8-7-9-30(48)22-28)50-37(29)26-43(42)59-45-34-11-4-6-13-39(34)57-41-17-15-32(55-2)25-36(41)45/h3-17,22-27,44-45H,18-21H2,1-2H3. The van der Waals surface area contributed by atoms with Crippen molar-refractivity contribution in [2.45, 2.75) is 12.2 Å². The minimum absolute atomic E-state index is 0.0528. The summed E-state index contributed by atoms with van der Waals surface area (Å²) in [4.78, 5) is 27.1. The van der Waals surface area contributed by atoms with Crippen LogP contribution >= 0.6 is 11.6 Å². The number of carbonyl (C=O) groups excluding carboxylic acids is 1. The second-order valence-electron chi connectivity index (χ2n) is 14.4. The Hall–Kier alpha value is -6.98. The van der Waals surface area contributed by atoms with Gasteiger partial charge in [-0.2, -0.15) is 0 Å². The molecule has 4 heterocycles. The lowest BCUT2D eigenvalue weighted by Crippen LogP contribution is -2.49. The van der Waals surface area contributed by atoms with E-state index in [4.69, 9.17) is 50.0 Å². The first-order valence-corrected chi connectivity index (χ1v) is 19.6. The van der Waals surface area contributed by atoms with Crippen LogP contribution in [0.15, 0.2) is 128 Å². The minimum atomic E-state index is -0.592. The topological polar surface area (TPSA) is 105 Å². The Morgan fingerprint density at radius 3 is 1.81 bits per heavy atom. The molecule has 0 bridgehead atoms. The Labute approximate surface area is 345 Å². The molecule has 0 saturated carbocycles. The van der Waals surface area contributed by atoms with Crippen molar-refractivity contribution < 1.29 is 33.2 Å². The summed E-state index contributed by atoms with van der Waals surface area (Å²) in [5.74, 6) is 5.50. The molecule has 3 aliphatic rings. The van der Waals surface area contributed by atoms with Crippen LogP contribution < -0.4 is 33.3 Å². The van der Waals surface area contributed by atoms with Crippen LogP contribution in [0.1, 0.15) is 44.8 Å². The summed E-state index contributed by atoms with van der Waals surface area (Å²) in [5.41, 5.74) is 4.54. The molecular formula is C47H37ClN4O7. The highest BCUT2D eigenvalue weighted by molar-refractivity contribution is 6.31. The van der Waals surface area contributed by atoms with E-state index in [0.29, 0.717) is 94.2 Å². The van der Waals surface area contributed by atoms with Crippen LogP contribution in [0.5, 0.6) is 46.0 Å². The molecule has 7 aromatic rings. The van der Waals surface area contributed by atoms with E-state index in [1.54, 1.807) is 44.7 Å². The Balaban J connectivity index is 1.05. The third-order valence-corrected chi connectivity index (χ3v) is 11.1. The monoisotopic (exact) mass is 804 g/mol. The summed E-state index contributed by atoms with van der Waals surface area (Å²) in [6.45, 7) is 2.15. The highest BCUT2D eigenvalue weighted by Crippen LogP contribution is 2.50. The molecule has 11 nitrogen and oxygen atoms in total. The summed E-state index contributed by atoms with van der Waals surface area (Å²) < 4.78 is 38.2. The van der Waals surface area contributed by atoms with Gasteiger partial charge in [-0.05, 0) is 72.8 Å². The molecule has 0 radical (unpaired) electrons. The SMILES string of the molecule is COc1ccc2c(c1)C(Oc1cc3cnc(N4CCN(C(=O)c5cccc(Cl)c5)CC4)nc3cc1OC1c3ccccc3Oc3ccc(OC)cc31)c1ccccc1O2. The highest BCUT2D eigenvalue weighted by Gasteiger charge is 2.34. The number of nitrogens with zero attached hydrogens (tertiary/aromatic N) is 4. The first-order chi connectivity index (χ1) is 28.9. The molecule has 1 amide bonds. The number of piperazine rings is 1. The number of benzene rings is 6. The largest absolute Gasteiger partial charge is 0.497 e. The maximum Gasteiger partial charge on any atom is 0.254 e. The van der Waals surface area contributed by atoms with Gasteiger partial charge in [-0.3, -0.25) is 4.79 Å². The molecule has 1 fully saturated rings. The van der Waals surface area contributed by atoms with Gasteiger partial charge >= 0.3 is 0 Å². The van der Waals surface area contributed by atoms with E-state index in [0.717, 1.165) is 27.6 Å². The van der Waals surface area contributed by atoms with Crippen LogP contribution in [0.4, 0.5) is 5.95 Å². The lowest BCUT2D eigenvalue weighted by molar-refractivity contribution is 0.0746. The molecule has 6 aromatic carbocycles. The van der Waals surface area contributed by atoms with Gasteiger partial charge in [0.05, 0.1) is 19.7 Å². The summed E-state index contributed by atoms with van der Waals surface area (Å²) in [5, 5.41) is 1.29. The molecule has 3 aliphatic heterocycles. The number of carbonyl (C=O) groups is 1. The van der Waals surface area contributed by atoms with Gasteiger partial charge in [-0.15, -0.1) is 0 Å². The van der Waals surface area contributed by atoms with Gasteiger partial charge in [0.2, 0.25) is 5.95 Å². The number of amides is 1. The zero-order chi connectivity index (χ0) is 40.0. The van der Waals surface area contributed by atoms with Crippen LogP contribution in [-0.2, 0) is 0 Å². The molecule has 2 atom stereocenters. The van der Waals surface area contributed by atoms with E-state index in [1.807, 2.05) is 102 Å². The average molecular weight is 805 g/mol. The highest BCUT2D eigenvalue weighted by atomic mass is 35.5. The molecule has 12 heteroatoms. The molecule has 294 valence electrons. The second-order valence-corrected chi connectivity index (χ2v) is 14.8. The van der Waals surface area contributed by atoms with E-state index in [9.17, 15) is 4.79 Å². The third kappa shape index (κ3) is 6.83. The van der Waals surface area contributed by atoms with Gasteiger partial charge in [0, 0.05) is 76.7 Å². The minimum Gasteiger partial charge on any atom is -0.497 e. The number of ether oxygens (including phenoxy) is 6. The Morgan fingerprint density at radius 1 is 0.644 bits per heavy atom. The Kier molecular flexibility index (Phi) is 9.29. The molecule has 2 unspecified atom stereocenters. The van der Waals surface area contributed by atoms with Gasteiger partial charge < -0.3 is 38.2 Å². The summed E-state index contributed by atoms with van der Waals surface area (Å²) in [6.07, 6.45) is 0.632. The maximum atomic E-state index is 13.3. The van der Waals surface area contributed by atoms with E-state index in [2.05, 4.69) is 4.90 Å². The zero-order valence-corrected chi connectivity index (χ0v) is 32.9. The van der Waals surface area contributed by atoms with Crippen molar-refractivity contribution in [3.63, 3.8) is 0 Å². The first-order valence-electron chi connectivity index (χ1n) is 19.3. The lowest BCUT2D eigenvalue weighted by Gasteiger charge is -2.35. The number of hydrogen-bond acceptors (Lipinski definition) is 10. The van der Waals surface area contributed by atoms with Gasteiger partial charge in [0.25, 0.3) is 5.91 Å². The van der Waals surface area contributed by atoms with Gasteiger partial charge in [0.1, 0.15) is 34.5 Å². The van der Waals surface area contributed by atoms with Crippen molar-refractivity contribution in [2.75, 3.05) is 45.3 Å². The van der Waals surface area contributed by atoms with Crippen molar-refractivity contribution >= 4 is 34.4 Å². The van der Waals surface area contributed by atoms with E-state index in [1.165, 1.54) is 0 Å². The summed E-state index contributed by atoms with van der Waals surface area (Å²) >= 11 is 6.18. The summed E-state index contributed by atoms with van der Waals surface area (Å²) in [7, 11) is 3.27. The number of fused-ring (bicyclic) bond motifs is 5. The van der Waals surface area contributed by atoms with Crippen molar-refractivity contribution in [1.82, 2.24) is 14.9 Å². The van der Waals surface area contributed by atoms with Crippen LogP contribution in [0.3, 0.4) is 0 Å². The van der Waals surface area contributed by atoms with Crippen molar-refractivity contribution in [3.8, 4) is 46.0 Å². The lowest BCUT2D eigenvalue weighted by atomic mass is 9.96. The predicted molar refractivity (Wildman–Crippen MR) is 223 cm³/mol. The molecule has 1 saturated heterocycles. The van der Waals surface area contributed by atoms with Gasteiger partial charge in [0.15, 0.2) is 23.7 Å². The Bertz CT molecular complexity index is 2760. The molecule has 59 heavy (non-hydrogen) atoms. The first kappa shape index (κ1) is 36.4. The van der Waals surface area contributed by atoms with Crippen LogP contribution in [0.25, 0.3) is 10.9 Å². The fourth-order valence-electron chi connectivity index (χ4n) is 7.84. The number of rotatable bonds is 8. The van der Waals surface area contributed by atoms with Crippen molar-refractivity contribution in [2.24, 2.45) is 0 Å². The molecule has 1 aromatic heterocycles. The second kappa shape index (κ2) is 15.1. The van der Waals surface area contributed by atoms with Crippen LogP contribution in [-0.4, -0.2) is 61.2 Å². The number of anilines is 1. The molecule has 0 aliphatic carbocycles. The van der Waals surface area contributed by atoms with Gasteiger partial charge in [-0.1, -0.05) is 54.1 Å². The third-order valence-electron chi connectivity index (χ3n) is 10.9. The van der Waals surface area contributed by atoms with Crippen LogP contribution in [0, 0.1) is 0 Å². The quantitative estimate of drug-likeness (QED) is 0.147. The number of aromatic nitrogens is 2. The fraction of sp³-hybridized carbons (Fsp3) is 0.170. The van der Waals surface area contributed by atoms with E-state index < -0.39 is 12.2 Å². The number of methoxy groups -OCH3 is 2. The van der Waals surface area contributed by atoms with E-state index in [-0.39, 0.29) is 5.91 Å². The zero-order valence-electron chi connectivity index (χ0n) is 32.1. The normalized spacial score (nSPS) is 16.4. The van der Waals surface area contributed by atoms with E-state index >= 15 is 0 Å². The number of para-hydroxylation sites is 2. The smallest absolute Gasteiger partial charge is 0.254 e. The number of halogens is 1. The fourth-order valence-corrected chi connectivity index (χ4v) is 8.03. The molecule has 0 N–H and O–H groups in total. The van der Waals surface area contributed by atoms with Crippen LogP contribution in [0.2, 0.25) is 5.02 Å². The van der Waals surface area contributed by atoms with Gasteiger partial charge in [-0.25, -0.2) is 9.97 Å².